The molecule has 5 heteroatoms. The van der Waals surface area contributed by atoms with Crippen molar-refractivity contribution in [3.63, 3.8) is 0 Å². The number of hydrogen-bond acceptors (Lipinski definition) is 5. The van der Waals surface area contributed by atoms with Crippen LogP contribution in [0.3, 0.4) is 0 Å². The maximum absolute atomic E-state index is 14.0. The van der Waals surface area contributed by atoms with Crippen molar-refractivity contribution in [2.75, 3.05) is 32.8 Å². The third-order valence-electron chi connectivity index (χ3n) is 7.60. The monoisotopic (exact) mass is 419 g/mol. The number of ether oxygens (including phenoxy) is 1. The molecular formula is C26H33N3O2. The average molecular weight is 420 g/mol. The van der Waals surface area contributed by atoms with Crippen LogP contribution < -0.4 is 0 Å². The second kappa shape index (κ2) is 8.81. The number of benzene rings is 1. The summed E-state index contributed by atoms with van der Waals surface area (Å²) in [6.07, 6.45) is 7.90. The van der Waals surface area contributed by atoms with Crippen LogP contribution in [-0.4, -0.2) is 64.5 Å². The molecule has 1 atom stereocenters. The van der Waals surface area contributed by atoms with Crippen LogP contribution >= 0.6 is 0 Å². The molecule has 1 spiro atoms. The van der Waals surface area contributed by atoms with Crippen molar-refractivity contribution in [3.05, 3.63) is 66.0 Å². The molecule has 2 aliphatic heterocycles. The molecule has 5 nitrogen and oxygen atoms in total. The van der Waals surface area contributed by atoms with Gasteiger partial charge in [0.15, 0.2) is 0 Å². The average Bonchev–Trinajstić information content (AvgIpc) is 3.27. The second-order valence-electron chi connectivity index (χ2n) is 9.49. The lowest BCUT2D eigenvalue weighted by Crippen LogP contribution is -2.65. The van der Waals surface area contributed by atoms with Crippen LogP contribution in [0, 0.1) is 0 Å². The first-order valence-electron chi connectivity index (χ1n) is 11.8. The summed E-state index contributed by atoms with van der Waals surface area (Å²) < 4.78 is 6.35. The number of piperazine rings is 1. The van der Waals surface area contributed by atoms with E-state index in [2.05, 4.69) is 45.1 Å². The van der Waals surface area contributed by atoms with E-state index in [0.717, 1.165) is 58.4 Å². The topological polar surface area (TPSA) is 45.7 Å². The van der Waals surface area contributed by atoms with Crippen LogP contribution in [0.1, 0.15) is 54.6 Å². The zero-order valence-corrected chi connectivity index (χ0v) is 18.3. The molecule has 3 heterocycles. The Kier molecular flexibility index (Phi) is 5.91. The molecule has 3 aliphatic rings. The standard InChI is InChI=1S/C26H33N3O2/c30-24(23-10-4-7-14-27-23)26(13-19-31-25(21-26)11-5-6-12-25)29-17-15-28(16-18-29)20-22-8-2-1-3-9-22/h1-4,7-10,14H,5-6,11-13,15-21H2. The molecule has 1 aromatic heterocycles. The van der Waals surface area contributed by atoms with E-state index in [1.807, 2.05) is 18.2 Å². The summed E-state index contributed by atoms with van der Waals surface area (Å²) in [5, 5.41) is 0. The van der Waals surface area contributed by atoms with E-state index in [1.165, 1.54) is 18.4 Å². The number of Topliss-reactive ketones (excluding diaryl/α,β-unsaturated/α-hetero) is 1. The van der Waals surface area contributed by atoms with Crippen LogP contribution in [0.15, 0.2) is 54.7 Å². The predicted molar refractivity (Wildman–Crippen MR) is 121 cm³/mol. The Labute approximate surface area is 185 Å². The summed E-state index contributed by atoms with van der Waals surface area (Å²) in [5.41, 5.74) is 1.34. The quantitative estimate of drug-likeness (QED) is 0.687. The van der Waals surface area contributed by atoms with Crippen molar-refractivity contribution in [2.45, 2.75) is 56.2 Å². The smallest absolute Gasteiger partial charge is 0.201 e. The summed E-state index contributed by atoms with van der Waals surface area (Å²) in [7, 11) is 0. The lowest BCUT2D eigenvalue weighted by Gasteiger charge is -2.53. The van der Waals surface area contributed by atoms with Gasteiger partial charge in [-0.3, -0.25) is 19.6 Å². The van der Waals surface area contributed by atoms with E-state index >= 15 is 0 Å². The summed E-state index contributed by atoms with van der Waals surface area (Å²) >= 11 is 0. The van der Waals surface area contributed by atoms with Gasteiger partial charge in [-0.25, -0.2) is 0 Å². The third kappa shape index (κ3) is 4.19. The first-order valence-corrected chi connectivity index (χ1v) is 11.8. The van der Waals surface area contributed by atoms with Gasteiger partial charge in [-0.05, 0) is 37.0 Å². The fraction of sp³-hybridized carbons (Fsp3) is 0.538. The van der Waals surface area contributed by atoms with Gasteiger partial charge in [0.25, 0.3) is 0 Å². The SMILES string of the molecule is O=C(c1ccccn1)C1(N2CCN(Cc3ccccc3)CC2)CCOC2(CCCC2)C1. The van der Waals surface area contributed by atoms with E-state index in [9.17, 15) is 4.79 Å². The molecule has 2 aromatic rings. The maximum Gasteiger partial charge on any atom is 0.201 e. The van der Waals surface area contributed by atoms with Crippen LogP contribution in [0.2, 0.25) is 0 Å². The zero-order chi connectivity index (χ0) is 21.2. The minimum atomic E-state index is -0.490. The van der Waals surface area contributed by atoms with E-state index in [-0.39, 0.29) is 11.4 Å². The van der Waals surface area contributed by atoms with Gasteiger partial charge in [-0.2, -0.15) is 0 Å². The Balaban J connectivity index is 1.37. The lowest BCUT2D eigenvalue weighted by atomic mass is 9.73. The molecule has 1 aromatic carbocycles. The molecule has 5 rings (SSSR count). The van der Waals surface area contributed by atoms with Crippen LogP contribution in [-0.2, 0) is 11.3 Å². The van der Waals surface area contributed by atoms with E-state index in [0.29, 0.717) is 12.3 Å². The normalized spacial score (nSPS) is 26.8. The van der Waals surface area contributed by atoms with Crippen molar-refractivity contribution in [1.82, 2.24) is 14.8 Å². The molecule has 31 heavy (non-hydrogen) atoms. The lowest BCUT2D eigenvalue weighted by molar-refractivity contribution is -0.128. The van der Waals surface area contributed by atoms with Gasteiger partial charge in [0.1, 0.15) is 5.69 Å². The molecule has 3 fully saturated rings. The predicted octanol–water partition coefficient (Wildman–Crippen LogP) is 3.94. The number of ketones is 1. The Morgan fingerprint density at radius 1 is 0.935 bits per heavy atom. The van der Waals surface area contributed by atoms with E-state index in [1.54, 1.807) is 6.20 Å². The maximum atomic E-state index is 14.0. The molecule has 0 bridgehead atoms. The largest absolute Gasteiger partial charge is 0.375 e. The van der Waals surface area contributed by atoms with Gasteiger partial charge in [0.2, 0.25) is 5.78 Å². The van der Waals surface area contributed by atoms with Crippen LogP contribution in [0.4, 0.5) is 0 Å². The number of nitrogens with zero attached hydrogens (tertiary/aromatic N) is 3. The number of pyridine rings is 1. The van der Waals surface area contributed by atoms with E-state index in [4.69, 9.17) is 4.74 Å². The molecule has 0 N–H and O–H groups in total. The minimum absolute atomic E-state index is 0.121. The van der Waals surface area contributed by atoms with Gasteiger partial charge in [-0.1, -0.05) is 49.2 Å². The Hall–Kier alpha value is -2.08. The van der Waals surface area contributed by atoms with Crippen molar-refractivity contribution in [2.24, 2.45) is 0 Å². The van der Waals surface area contributed by atoms with Gasteiger partial charge in [-0.15, -0.1) is 0 Å². The Morgan fingerprint density at radius 3 is 2.39 bits per heavy atom. The fourth-order valence-electron chi connectivity index (χ4n) is 5.97. The van der Waals surface area contributed by atoms with Crippen molar-refractivity contribution < 1.29 is 9.53 Å². The van der Waals surface area contributed by atoms with E-state index < -0.39 is 5.54 Å². The van der Waals surface area contributed by atoms with Crippen LogP contribution in [0.5, 0.6) is 0 Å². The Bertz CT molecular complexity index is 874. The molecule has 1 aliphatic carbocycles. The van der Waals surface area contributed by atoms with Gasteiger partial charge in [0.05, 0.1) is 11.1 Å². The molecule has 164 valence electrons. The molecule has 0 amide bonds. The number of aromatic nitrogens is 1. The Morgan fingerprint density at radius 2 is 1.68 bits per heavy atom. The minimum Gasteiger partial charge on any atom is -0.375 e. The number of rotatable bonds is 5. The first-order chi connectivity index (χ1) is 15.2. The molecule has 1 unspecified atom stereocenters. The van der Waals surface area contributed by atoms with Gasteiger partial charge >= 0.3 is 0 Å². The highest BCUT2D eigenvalue weighted by molar-refractivity contribution is 6.02. The zero-order valence-electron chi connectivity index (χ0n) is 18.3. The van der Waals surface area contributed by atoms with Crippen molar-refractivity contribution in [3.8, 4) is 0 Å². The van der Waals surface area contributed by atoms with Gasteiger partial charge in [0, 0.05) is 51.9 Å². The summed E-state index contributed by atoms with van der Waals surface area (Å²) in [6, 6.07) is 16.4. The summed E-state index contributed by atoms with van der Waals surface area (Å²) in [4.78, 5) is 23.4. The fourth-order valence-corrected chi connectivity index (χ4v) is 5.97. The highest BCUT2D eigenvalue weighted by Crippen LogP contribution is 2.47. The second-order valence-corrected chi connectivity index (χ2v) is 9.49. The highest BCUT2D eigenvalue weighted by Gasteiger charge is 2.54. The molecule has 1 saturated carbocycles. The van der Waals surface area contributed by atoms with Crippen molar-refractivity contribution in [1.29, 1.82) is 0 Å². The first kappa shape index (κ1) is 20.8. The molecule has 2 saturated heterocycles. The van der Waals surface area contributed by atoms with Crippen molar-refractivity contribution >= 4 is 5.78 Å². The number of carbonyl (C=O) groups excluding carboxylic acids is 1. The number of carbonyl (C=O) groups is 1. The molecular weight excluding hydrogens is 386 g/mol. The summed E-state index contributed by atoms with van der Waals surface area (Å²) in [5.74, 6) is 0.194. The molecule has 0 radical (unpaired) electrons. The highest BCUT2D eigenvalue weighted by atomic mass is 16.5. The number of hydrogen-bond donors (Lipinski definition) is 0. The summed E-state index contributed by atoms with van der Waals surface area (Å²) in [6.45, 7) is 5.45. The van der Waals surface area contributed by atoms with Gasteiger partial charge < -0.3 is 4.74 Å². The third-order valence-corrected chi connectivity index (χ3v) is 7.60. The van der Waals surface area contributed by atoms with Crippen LogP contribution in [0.25, 0.3) is 0 Å².